The van der Waals surface area contributed by atoms with Gasteiger partial charge in [0, 0.05) is 24.1 Å². The van der Waals surface area contributed by atoms with Gasteiger partial charge in [0.15, 0.2) is 5.78 Å². The highest BCUT2D eigenvalue weighted by atomic mass is 32.2. The zero-order valence-electron chi connectivity index (χ0n) is 13.3. The maximum absolute atomic E-state index is 12.6. The van der Waals surface area contributed by atoms with E-state index in [0.717, 1.165) is 10.5 Å². The standard InChI is InChI=1S/C17H19NO3S2/c1-13(19)15-5-4-6-17(11-15)23(20,21)18(2)12-14-7-9-16(22-3)10-8-14/h4-11H,12H2,1-3H3. The van der Waals surface area contributed by atoms with E-state index in [9.17, 15) is 13.2 Å². The van der Waals surface area contributed by atoms with Gasteiger partial charge in [0.1, 0.15) is 0 Å². The van der Waals surface area contributed by atoms with Crippen molar-refractivity contribution >= 4 is 27.6 Å². The highest BCUT2D eigenvalue weighted by Gasteiger charge is 2.21. The molecule has 0 unspecified atom stereocenters. The molecule has 2 rings (SSSR count). The second kappa shape index (κ2) is 7.29. The molecule has 6 heteroatoms. The number of rotatable bonds is 6. The number of benzene rings is 2. The molecular weight excluding hydrogens is 330 g/mol. The first kappa shape index (κ1) is 17.7. The lowest BCUT2D eigenvalue weighted by Crippen LogP contribution is -2.26. The minimum absolute atomic E-state index is 0.133. The molecule has 0 N–H and O–H groups in total. The molecule has 0 aliphatic heterocycles. The number of thioether (sulfide) groups is 1. The lowest BCUT2D eigenvalue weighted by molar-refractivity contribution is 0.101. The second-order valence-electron chi connectivity index (χ2n) is 5.19. The van der Waals surface area contributed by atoms with E-state index >= 15 is 0 Å². The lowest BCUT2D eigenvalue weighted by Gasteiger charge is -2.18. The Morgan fingerprint density at radius 1 is 1.13 bits per heavy atom. The Hall–Kier alpha value is -1.63. The predicted molar refractivity (Wildman–Crippen MR) is 93.3 cm³/mol. The van der Waals surface area contributed by atoms with Gasteiger partial charge in [0.2, 0.25) is 10.0 Å². The van der Waals surface area contributed by atoms with Gasteiger partial charge in [0.05, 0.1) is 4.90 Å². The number of hydrogen-bond acceptors (Lipinski definition) is 4. The highest BCUT2D eigenvalue weighted by molar-refractivity contribution is 7.98. The third-order valence-corrected chi connectivity index (χ3v) is 6.06. The summed E-state index contributed by atoms with van der Waals surface area (Å²) in [7, 11) is -2.09. The first-order chi connectivity index (χ1) is 10.8. The van der Waals surface area contributed by atoms with Gasteiger partial charge in [-0.05, 0) is 43.0 Å². The number of carbonyl (C=O) groups is 1. The first-order valence-corrected chi connectivity index (χ1v) is 9.71. The quantitative estimate of drug-likeness (QED) is 0.592. The monoisotopic (exact) mass is 349 g/mol. The van der Waals surface area contributed by atoms with Crippen molar-refractivity contribution in [2.24, 2.45) is 0 Å². The molecule has 0 heterocycles. The molecule has 4 nitrogen and oxygen atoms in total. The molecule has 0 amide bonds. The number of hydrogen-bond donors (Lipinski definition) is 0. The van der Waals surface area contributed by atoms with Crippen LogP contribution in [0.1, 0.15) is 22.8 Å². The van der Waals surface area contributed by atoms with Crippen LogP contribution in [0.2, 0.25) is 0 Å². The minimum atomic E-state index is -3.63. The van der Waals surface area contributed by atoms with Crippen molar-refractivity contribution < 1.29 is 13.2 Å². The summed E-state index contributed by atoms with van der Waals surface area (Å²) < 4.78 is 26.6. The fourth-order valence-corrected chi connectivity index (χ4v) is 3.74. The summed E-state index contributed by atoms with van der Waals surface area (Å²) in [5.74, 6) is -0.155. The van der Waals surface area contributed by atoms with Gasteiger partial charge in [-0.15, -0.1) is 11.8 Å². The normalized spacial score (nSPS) is 11.7. The fourth-order valence-electron chi connectivity index (χ4n) is 2.13. The molecule has 0 aromatic heterocycles. The third-order valence-electron chi connectivity index (χ3n) is 3.51. The SMILES string of the molecule is CSc1ccc(CN(C)S(=O)(=O)c2cccc(C(C)=O)c2)cc1. The average molecular weight is 349 g/mol. The molecule has 0 aliphatic carbocycles. The summed E-state index contributed by atoms with van der Waals surface area (Å²) in [5, 5.41) is 0. The highest BCUT2D eigenvalue weighted by Crippen LogP contribution is 2.20. The van der Waals surface area contributed by atoms with Gasteiger partial charge in [-0.1, -0.05) is 24.3 Å². The number of ketones is 1. The van der Waals surface area contributed by atoms with Crippen molar-refractivity contribution in [1.82, 2.24) is 4.31 Å². The van der Waals surface area contributed by atoms with E-state index in [4.69, 9.17) is 0 Å². The molecule has 0 spiro atoms. The lowest BCUT2D eigenvalue weighted by atomic mass is 10.2. The molecule has 0 aliphatic rings. The predicted octanol–water partition coefficient (Wildman–Crippen LogP) is 3.43. The van der Waals surface area contributed by atoms with Crippen molar-refractivity contribution in [3.05, 3.63) is 59.7 Å². The van der Waals surface area contributed by atoms with E-state index in [-0.39, 0.29) is 17.2 Å². The van der Waals surface area contributed by atoms with Crippen LogP contribution in [0.15, 0.2) is 58.3 Å². The molecule has 0 bridgehead atoms. The summed E-state index contributed by atoms with van der Waals surface area (Å²) in [6, 6.07) is 13.9. The van der Waals surface area contributed by atoms with Crippen LogP contribution in [-0.4, -0.2) is 31.8 Å². The Morgan fingerprint density at radius 3 is 2.35 bits per heavy atom. The van der Waals surface area contributed by atoms with E-state index < -0.39 is 10.0 Å². The zero-order valence-corrected chi connectivity index (χ0v) is 14.9. The Balaban J connectivity index is 2.24. The molecule has 0 atom stereocenters. The van der Waals surface area contributed by atoms with Crippen molar-refractivity contribution in [2.75, 3.05) is 13.3 Å². The molecule has 2 aromatic carbocycles. The Labute approximate surface area is 141 Å². The van der Waals surface area contributed by atoms with Gasteiger partial charge in [0.25, 0.3) is 0 Å². The summed E-state index contributed by atoms with van der Waals surface area (Å²) in [6.07, 6.45) is 1.99. The molecule has 0 radical (unpaired) electrons. The Kier molecular flexibility index (Phi) is 5.62. The maximum atomic E-state index is 12.6. The summed E-state index contributed by atoms with van der Waals surface area (Å²) in [4.78, 5) is 12.7. The summed E-state index contributed by atoms with van der Waals surface area (Å²) in [5.41, 5.74) is 1.31. The van der Waals surface area contributed by atoms with Crippen LogP contribution >= 0.6 is 11.8 Å². The smallest absolute Gasteiger partial charge is 0.243 e. The van der Waals surface area contributed by atoms with E-state index in [1.807, 2.05) is 30.5 Å². The first-order valence-electron chi connectivity index (χ1n) is 7.05. The van der Waals surface area contributed by atoms with Gasteiger partial charge >= 0.3 is 0 Å². The van der Waals surface area contributed by atoms with Crippen LogP contribution in [0.5, 0.6) is 0 Å². The fraction of sp³-hybridized carbons (Fsp3) is 0.235. The number of sulfonamides is 1. The molecule has 0 saturated carbocycles. The van der Waals surface area contributed by atoms with E-state index in [1.54, 1.807) is 23.9 Å². The van der Waals surface area contributed by atoms with E-state index in [0.29, 0.717) is 5.56 Å². The van der Waals surface area contributed by atoms with Crippen LogP contribution in [0.4, 0.5) is 0 Å². The van der Waals surface area contributed by atoms with Crippen molar-refractivity contribution in [2.45, 2.75) is 23.3 Å². The molecule has 122 valence electrons. The number of Topliss-reactive ketones (excluding diaryl/α,β-unsaturated/α-hetero) is 1. The molecule has 23 heavy (non-hydrogen) atoms. The topological polar surface area (TPSA) is 54.5 Å². The average Bonchev–Trinajstić information content (AvgIpc) is 2.55. The molecule has 0 saturated heterocycles. The van der Waals surface area contributed by atoms with E-state index in [1.165, 1.54) is 30.4 Å². The summed E-state index contributed by atoms with van der Waals surface area (Å²) in [6.45, 7) is 1.70. The van der Waals surface area contributed by atoms with Crippen LogP contribution in [-0.2, 0) is 16.6 Å². The Bertz CT molecular complexity index is 799. The number of carbonyl (C=O) groups excluding carboxylic acids is 1. The largest absolute Gasteiger partial charge is 0.295 e. The van der Waals surface area contributed by atoms with Crippen LogP contribution < -0.4 is 0 Å². The van der Waals surface area contributed by atoms with Crippen LogP contribution in [0.25, 0.3) is 0 Å². The third kappa shape index (κ3) is 4.22. The van der Waals surface area contributed by atoms with Crippen LogP contribution in [0, 0.1) is 0 Å². The molecule has 0 fully saturated rings. The van der Waals surface area contributed by atoms with Gasteiger partial charge in [-0.25, -0.2) is 8.42 Å². The zero-order chi connectivity index (χ0) is 17.0. The van der Waals surface area contributed by atoms with Crippen molar-refractivity contribution in [1.29, 1.82) is 0 Å². The minimum Gasteiger partial charge on any atom is -0.295 e. The second-order valence-corrected chi connectivity index (χ2v) is 8.12. The van der Waals surface area contributed by atoms with Crippen molar-refractivity contribution in [3.63, 3.8) is 0 Å². The van der Waals surface area contributed by atoms with Gasteiger partial charge in [-0.3, -0.25) is 4.79 Å². The van der Waals surface area contributed by atoms with Gasteiger partial charge in [-0.2, -0.15) is 4.31 Å². The number of nitrogens with zero attached hydrogens (tertiary/aromatic N) is 1. The van der Waals surface area contributed by atoms with Crippen LogP contribution in [0.3, 0.4) is 0 Å². The molecular formula is C17H19NO3S2. The van der Waals surface area contributed by atoms with E-state index in [2.05, 4.69) is 0 Å². The Morgan fingerprint density at radius 2 is 1.78 bits per heavy atom. The van der Waals surface area contributed by atoms with Gasteiger partial charge < -0.3 is 0 Å². The molecule has 2 aromatic rings. The summed E-state index contributed by atoms with van der Waals surface area (Å²) >= 11 is 1.64. The maximum Gasteiger partial charge on any atom is 0.243 e. The van der Waals surface area contributed by atoms with Crippen molar-refractivity contribution in [3.8, 4) is 0 Å².